The minimum Gasteiger partial charge on any atom is -0.506 e. The quantitative estimate of drug-likeness (QED) is 0.405. The van der Waals surface area contributed by atoms with Gasteiger partial charge in [0, 0.05) is 35.2 Å². The Morgan fingerprint density at radius 2 is 1.56 bits per heavy atom. The molecule has 4 rings (SSSR count). The number of phenolic OH excluding ortho intramolecular Hbond substituents is 1. The van der Waals surface area contributed by atoms with Crippen LogP contribution >= 0.6 is 11.8 Å². The van der Waals surface area contributed by atoms with Crippen LogP contribution in [0.1, 0.15) is 28.8 Å². The van der Waals surface area contributed by atoms with E-state index in [1.807, 2.05) is 47.4 Å². The molecule has 1 aliphatic rings. The number of aromatic hydroxyl groups is 1. The van der Waals surface area contributed by atoms with Gasteiger partial charge in [-0.05, 0) is 54.8 Å². The third-order valence-corrected chi connectivity index (χ3v) is 6.75. The predicted molar refractivity (Wildman–Crippen MR) is 128 cm³/mol. The van der Waals surface area contributed by atoms with Crippen LogP contribution in [0.3, 0.4) is 0 Å². The van der Waals surface area contributed by atoms with Crippen LogP contribution in [0, 0.1) is 5.92 Å². The van der Waals surface area contributed by atoms with E-state index in [1.165, 1.54) is 10.5 Å². The van der Waals surface area contributed by atoms with E-state index in [9.17, 15) is 14.7 Å². The van der Waals surface area contributed by atoms with Gasteiger partial charge in [-0.2, -0.15) is 0 Å². The number of phenols is 1. The van der Waals surface area contributed by atoms with Gasteiger partial charge in [0.25, 0.3) is 5.91 Å². The molecule has 0 spiro atoms. The number of benzene rings is 3. The summed E-state index contributed by atoms with van der Waals surface area (Å²) in [6.45, 7) is 1.09. The minimum atomic E-state index is -0.170. The molecule has 2 amide bonds. The number of hydrogen-bond donors (Lipinski definition) is 2. The molecule has 0 bridgehead atoms. The Morgan fingerprint density at radius 3 is 2.25 bits per heavy atom. The van der Waals surface area contributed by atoms with Crippen LogP contribution in [0.15, 0.2) is 83.8 Å². The van der Waals surface area contributed by atoms with Crippen LogP contribution < -0.4 is 5.32 Å². The third-order valence-electron chi connectivity index (χ3n) is 5.66. The van der Waals surface area contributed by atoms with Gasteiger partial charge in [-0.15, -0.1) is 11.8 Å². The van der Waals surface area contributed by atoms with Gasteiger partial charge < -0.3 is 15.3 Å². The van der Waals surface area contributed by atoms with Gasteiger partial charge in [-0.25, -0.2) is 0 Å². The van der Waals surface area contributed by atoms with Crippen LogP contribution in [0.5, 0.6) is 5.75 Å². The summed E-state index contributed by atoms with van der Waals surface area (Å²) in [5, 5.41) is 12.6. The zero-order valence-electron chi connectivity index (χ0n) is 17.7. The van der Waals surface area contributed by atoms with Crippen LogP contribution in [0.4, 0.5) is 5.69 Å². The molecule has 3 aromatic carbocycles. The fraction of sp³-hybridized carbons (Fsp3) is 0.231. The number of thioether (sulfide) groups is 1. The molecular formula is C26H26N2O3S. The number of nitrogens with zero attached hydrogens (tertiary/aromatic N) is 1. The molecule has 0 saturated carbocycles. The summed E-state index contributed by atoms with van der Waals surface area (Å²) in [7, 11) is 0. The number of nitrogens with one attached hydrogen (secondary N) is 1. The number of hydrogen-bond acceptors (Lipinski definition) is 4. The van der Waals surface area contributed by atoms with Crippen molar-refractivity contribution >= 4 is 29.3 Å². The Kier molecular flexibility index (Phi) is 7.12. The van der Waals surface area contributed by atoms with E-state index in [0.29, 0.717) is 37.2 Å². The van der Waals surface area contributed by atoms with Crippen molar-refractivity contribution in [2.45, 2.75) is 23.5 Å². The highest BCUT2D eigenvalue weighted by Crippen LogP contribution is 2.26. The van der Waals surface area contributed by atoms with Gasteiger partial charge in [-0.1, -0.05) is 42.5 Å². The molecule has 6 heteroatoms. The molecule has 1 heterocycles. The van der Waals surface area contributed by atoms with Crippen molar-refractivity contribution in [3.05, 3.63) is 90.0 Å². The van der Waals surface area contributed by atoms with Crippen LogP contribution in [-0.4, -0.2) is 34.9 Å². The zero-order chi connectivity index (χ0) is 22.3. The molecule has 0 aliphatic carbocycles. The van der Waals surface area contributed by atoms with E-state index in [0.717, 1.165) is 5.75 Å². The molecule has 164 valence electrons. The van der Waals surface area contributed by atoms with E-state index >= 15 is 0 Å². The van der Waals surface area contributed by atoms with E-state index in [2.05, 4.69) is 17.4 Å². The van der Waals surface area contributed by atoms with Crippen molar-refractivity contribution in [1.29, 1.82) is 0 Å². The number of anilines is 1. The average molecular weight is 447 g/mol. The van der Waals surface area contributed by atoms with Gasteiger partial charge in [0.2, 0.25) is 5.91 Å². The first-order valence-corrected chi connectivity index (χ1v) is 11.7. The van der Waals surface area contributed by atoms with Crippen molar-refractivity contribution in [1.82, 2.24) is 4.90 Å². The zero-order valence-corrected chi connectivity index (χ0v) is 18.6. The van der Waals surface area contributed by atoms with Gasteiger partial charge in [0.1, 0.15) is 5.75 Å². The lowest BCUT2D eigenvalue weighted by atomic mass is 9.95. The summed E-state index contributed by atoms with van der Waals surface area (Å²) in [5.74, 6) is 0.636. The Hall–Kier alpha value is -3.25. The number of para-hydroxylation sites is 2. The largest absolute Gasteiger partial charge is 0.506 e. The smallest absolute Gasteiger partial charge is 0.253 e. The molecule has 5 nitrogen and oxygen atoms in total. The SMILES string of the molecule is O=C(Nc1ccccc1O)C1CCN(C(=O)c2ccc(CSc3ccccc3)cc2)CC1. The van der Waals surface area contributed by atoms with Gasteiger partial charge in [0.15, 0.2) is 0 Å². The monoisotopic (exact) mass is 446 g/mol. The normalized spacial score (nSPS) is 14.2. The summed E-state index contributed by atoms with van der Waals surface area (Å²) in [6.07, 6.45) is 1.22. The second-order valence-electron chi connectivity index (χ2n) is 7.87. The maximum atomic E-state index is 12.9. The molecule has 1 fully saturated rings. The molecule has 0 atom stereocenters. The number of carbonyl (C=O) groups excluding carboxylic acids is 2. The standard InChI is InChI=1S/C26H26N2O3S/c29-24-9-5-4-8-23(24)27-25(30)20-14-16-28(17-15-20)26(31)21-12-10-19(11-13-21)18-32-22-6-2-1-3-7-22/h1-13,20,29H,14-18H2,(H,27,30). The van der Waals surface area contributed by atoms with Crippen LogP contribution in [0.2, 0.25) is 0 Å². The third kappa shape index (κ3) is 5.51. The fourth-order valence-electron chi connectivity index (χ4n) is 3.77. The van der Waals surface area contributed by atoms with E-state index in [1.54, 1.807) is 36.0 Å². The lowest BCUT2D eigenvalue weighted by Gasteiger charge is -2.31. The van der Waals surface area contributed by atoms with E-state index < -0.39 is 0 Å². The topological polar surface area (TPSA) is 69.6 Å². The van der Waals surface area contributed by atoms with Crippen molar-refractivity contribution in [3.8, 4) is 5.75 Å². The molecule has 3 aromatic rings. The van der Waals surface area contributed by atoms with Gasteiger partial charge in [0.05, 0.1) is 5.69 Å². The van der Waals surface area contributed by atoms with Crippen molar-refractivity contribution in [2.24, 2.45) is 5.92 Å². The molecule has 0 radical (unpaired) electrons. The van der Waals surface area contributed by atoms with Gasteiger partial charge in [-0.3, -0.25) is 9.59 Å². The Bertz CT molecular complexity index is 1060. The van der Waals surface area contributed by atoms with Gasteiger partial charge >= 0.3 is 0 Å². The highest BCUT2D eigenvalue weighted by atomic mass is 32.2. The lowest BCUT2D eigenvalue weighted by molar-refractivity contribution is -0.121. The minimum absolute atomic E-state index is 0.00632. The maximum absolute atomic E-state index is 12.9. The van der Waals surface area contributed by atoms with E-state index in [4.69, 9.17) is 0 Å². The summed E-state index contributed by atoms with van der Waals surface area (Å²) >= 11 is 1.77. The number of carbonyl (C=O) groups is 2. The summed E-state index contributed by atoms with van der Waals surface area (Å²) < 4.78 is 0. The lowest BCUT2D eigenvalue weighted by Crippen LogP contribution is -2.41. The number of amides is 2. The first kappa shape index (κ1) is 22.0. The fourth-order valence-corrected chi connectivity index (χ4v) is 4.64. The number of likely N-dealkylation sites (tertiary alicyclic amines) is 1. The molecule has 1 aliphatic heterocycles. The molecule has 32 heavy (non-hydrogen) atoms. The highest BCUT2D eigenvalue weighted by Gasteiger charge is 2.28. The molecular weight excluding hydrogens is 420 g/mol. The second kappa shape index (κ2) is 10.4. The van der Waals surface area contributed by atoms with Crippen molar-refractivity contribution in [3.63, 3.8) is 0 Å². The van der Waals surface area contributed by atoms with Crippen LogP contribution in [0.25, 0.3) is 0 Å². The first-order chi connectivity index (χ1) is 15.6. The summed E-state index contributed by atoms with van der Waals surface area (Å²) in [4.78, 5) is 28.5. The first-order valence-electron chi connectivity index (χ1n) is 10.7. The Morgan fingerprint density at radius 1 is 0.906 bits per heavy atom. The van der Waals surface area contributed by atoms with E-state index in [-0.39, 0.29) is 23.5 Å². The summed E-state index contributed by atoms with van der Waals surface area (Å²) in [6, 6.07) is 24.7. The van der Waals surface area contributed by atoms with Crippen LogP contribution in [-0.2, 0) is 10.5 Å². The Labute approximate surface area is 192 Å². The van der Waals surface area contributed by atoms with Crippen molar-refractivity contribution < 1.29 is 14.7 Å². The maximum Gasteiger partial charge on any atom is 0.253 e. The highest BCUT2D eigenvalue weighted by molar-refractivity contribution is 7.98. The molecule has 0 aromatic heterocycles. The molecule has 0 unspecified atom stereocenters. The number of piperidine rings is 1. The Balaban J connectivity index is 1.27. The number of rotatable bonds is 6. The predicted octanol–water partition coefficient (Wildman–Crippen LogP) is 5.18. The molecule has 1 saturated heterocycles. The average Bonchev–Trinajstić information content (AvgIpc) is 2.85. The molecule has 2 N–H and O–H groups in total. The second-order valence-corrected chi connectivity index (χ2v) is 8.92. The van der Waals surface area contributed by atoms with Crippen molar-refractivity contribution in [2.75, 3.05) is 18.4 Å². The summed E-state index contributed by atoms with van der Waals surface area (Å²) in [5.41, 5.74) is 2.27.